The number of anilines is 1. The highest BCUT2D eigenvalue weighted by atomic mass is 32.2. The van der Waals surface area contributed by atoms with E-state index in [9.17, 15) is 22.8 Å². The van der Waals surface area contributed by atoms with Gasteiger partial charge in [0.05, 0.1) is 14.2 Å². The summed E-state index contributed by atoms with van der Waals surface area (Å²) in [4.78, 5) is 41.1. The maximum atomic E-state index is 13.5. The van der Waals surface area contributed by atoms with Crippen LogP contribution < -0.4 is 14.8 Å². The van der Waals surface area contributed by atoms with E-state index in [2.05, 4.69) is 10.0 Å². The van der Waals surface area contributed by atoms with Crippen LogP contribution in [0.5, 0.6) is 5.75 Å². The minimum Gasteiger partial charge on any atom is -0.495 e. The Morgan fingerprint density at radius 2 is 1.79 bits per heavy atom. The zero-order chi connectivity index (χ0) is 28.7. The fourth-order valence-corrected chi connectivity index (χ4v) is 5.79. The molecule has 0 saturated carbocycles. The number of methoxy groups -OCH3 is 2. The lowest BCUT2D eigenvalue weighted by atomic mass is 9.91. The van der Waals surface area contributed by atoms with Crippen molar-refractivity contribution in [3.05, 3.63) is 53.1 Å². The van der Waals surface area contributed by atoms with Crippen molar-refractivity contribution < 1.29 is 32.3 Å². The Morgan fingerprint density at radius 1 is 1.10 bits per heavy atom. The Morgan fingerprint density at radius 3 is 2.38 bits per heavy atom. The molecule has 2 aromatic rings. The molecule has 2 N–H and O–H groups in total. The Kier molecular flexibility index (Phi) is 10.1. The van der Waals surface area contributed by atoms with E-state index in [-0.39, 0.29) is 29.6 Å². The molecule has 0 aliphatic carbocycles. The molecule has 0 aromatic heterocycles. The molecular formula is C27H36N4O7S. The third-order valence-corrected chi connectivity index (χ3v) is 7.95. The fraction of sp³-hybridized carbons (Fsp3) is 0.444. The van der Waals surface area contributed by atoms with Crippen molar-refractivity contribution in [2.24, 2.45) is 0 Å². The van der Waals surface area contributed by atoms with Crippen molar-refractivity contribution >= 4 is 33.5 Å². The summed E-state index contributed by atoms with van der Waals surface area (Å²) in [6, 6.07) is 8.15. The largest absolute Gasteiger partial charge is 0.495 e. The van der Waals surface area contributed by atoms with Gasteiger partial charge in [-0.1, -0.05) is 6.92 Å². The van der Waals surface area contributed by atoms with Crippen LogP contribution in [0, 0.1) is 0 Å². The standard InChI is InChI=1S/C27H36N4O7S/c1-6-13-30(3)15-12-28-39(35,36)24-17-22-20(16-23(24)37-4)11-14-31(25(22)27(34)38-5)26(33)19-7-9-21(10-8-19)29-18(2)32/h7-10,16-17,25,28H,6,11-15H2,1-5H3,(H,29,32). The van der Waals surface area contributed by atoms with Gasteiger partial charge in [-0.15, -0.1) is 0 Å². The number of carbonyl (C=O) groups is 3. The molecule has 0 bridgehead atoms. The van der Waals surface area contributed by atoms with Crippen LogP contribution in [-0.2, 0) is 30.8 Å². The van der Waals surface area contributed by atoms with Crippen LogP contribution in [-0.4, -0.2) is 83.4 Å². The molecule has 1 unspecified atom stereocenters. The summed E-state index contributed by atoms with van der Waals surface area (Å²) in [5.41, 5.74) is 1.89. The van der Waals surface area contributed by atoms with Gasteiger partial charge in [-0.05, 0) is 74.0 Å². The second-order valence-corrected chi connectivity index (χ2v) is 11.1. The van der Waals surface area contributed by atoms with Crippen LogP contribution in [0.1, 0.15) is 47.8 Å². The highest BCUT2D eigenvalue weighted by molar-refractivity contribution is 7.89. The van der Waals surface area contributed by atoms with E-state index >= 15 is 0 Å². The number of amides is 2. The summed E-state index contributed by atoms with van der Waals surface area (Å²) in [5, 5.41) is 2.64. The Labute approximate surface area is 229 Å². The number of likely N-dealkylation sites (N-methyl/N-ethyl adjacent to an activating group) is 1. The molecular weight excluding hydrogens is 524 g/mol. The number of hydrogen-bond acceptors (Lipinski definition) is 8. The predicted molar refractivity (Wildman–Crippen MR) is 146 cm³/mol. The lowest BCUT2D eigenvalue weighted by Gasteiger charge is -2.36. The molecule has 1 heterocycles. The van der Waals surface area contributed by atoms with Crippen molar-refractivity contribution in [1.29, 1.82) is 0 Å². The number of ether oxygens (including phenoxy) is 2. The Balaban J connectivity index is 1.97. The third kappa shape index (κ3) is 7.14. The van der Waals surface area contributed by atoms with Gasteiger partial charge in [-0.25, -0.2) is 17.9 Å². The number of nitrogens with zero attached hydrogens (tertiary/aromatic N) is 2. The lowest BCUT2D eigenvalue weighted by molar-refractivity contribution is -0.146. The van der Waals surface area contributed by atoms with Crippen LogP contribution in [0.3, 0.4) is 0 Å². The smallest absolute Gasteiger partial charge is 0.333 e. The maximum Gasteiger partial charge on any atom is 0.333 e. The minimum absolute atomic E-state index is 0.121. The van der Waals surface area contributed by atoms with Gasteiger partial charge in [0.2, 0.25) is 15.9 Å². The highest BCUT2D eigenvalue weighted by Gasteiger charge is 2.39. The summed E-state index contributed by atoms with van der Waals surface area (Å²) < 4.78 is 39.6. The first-order valence-corrected chi connectivity index (χ1v) is 14.2. The molecule has 1 atom stereocenters. The molecule has 2 amide bonds. The first-order valence-electron chi connectivity index (χ1n) is 12.7. The average Bonchev–Trinajstić information content (AvgIpc) is 2.90. The molecule has 0 saturated heterocycles. The summed E-state index contributed by atoms with van der Waals surface area (Å²) >= 11 is 0. The molecule has 11 nitrogen and oxygen atoms in total. The number of nitrogens with one attached hydrogen (secondary N) is 2. The Hall–Kier alpha value is -3.48. The average molecular weight is 561 g/mol. The fourth-order valence-electron chi connectivity index (χ4n) is 4.59. The van der Waals surface area contributed by atoms with E-state index in [1.807, 2.05) is 18.9 Å². The second kappa shape index (κ2) is 13.0. The van der Waals surface area contributed by atoms with Gasteiger partial charge >= 0.3 is 5.97 Å². The van der Waals surface area contributed by atoms with E-state index in [0.29, 0.717) is 35.3 Å². The number of rotatable bonds is 11. The van der Waals surface area contributed by atoms with Crippen LogP contribution in [0.25, 0.3) is 0 Å². The van der Waals surface area contributed by atoms with Crippen molar-refractivity contribution in [2.75, 3.05) is 52.8 Å². The molecule has 0 fully saturated rings. The van der Waals surface area contributed by atoms with Gasteiger partial charge in [0.25, 0.3) is 5.91 Å². The van der Waals surface area contributed by atoms with Gasteiger partial charge in [0.15, 0.2) is 6.04 Å². The normalized spacial score (nSPS) is 15.0. The molecule has 0 radical (unpaired) electrons. The molecule has 212 valence electrons. The topological polar surface area (TPSA) is 134 Å². The minimum atomic E-state index is -4.00. The number of carbonyl (C=O) groups excluding carboxylic acids is 3. The summed E-state index contributed by atoms with van der Waals surface area (Å²) in [7, 11) is 0.520. The number of hydrogen-bond donors (Lipinski definition) is 2. The van der Waals surface area contributed by atoms with E-state index in [0.717, 1.165) is 13.0 Å². The maximum absolute atomic E-state index is 13.5. The monoisotopic (exact) mass is 560 g/mol. The summed E-state index contributed by atoms with van der Waals surface area (Å²) in [6.07, 6.45) is 1.33. The number of sulfonamides is 1. The third-order valence-electron chi connectivity index (χ3n) is 6.47. The van der Waals surface area contributed by atoms with E-state index < -0.39 is 27.9 Å². The van der Waals surface area contributed by atoms with Crippen LogP contribution >= 0.6 is 0 Å². The van der Waals surface area contributed by atoms with Crippen molar-refractivity contribution in [3.8, 4) is 5.75 Å². The zero-order valence-corrected chi connectivity index (χ0v) is 23.8. The van der Waals surface area contributed by atoms with E-state index in [1.54, 1.807) is 30.3 Å². The van der Waals surface area contributed by atoms with Crippen molar-refractivity contribution in [2.45, 2.75) is 37.6 Å². The lowest BCUT2D eigenvalue weighted by Crippen LogP contribution is -2.44. The molecule has 39 heavy (non-hydrogen) atoms. The zero-order valence-electron chi connectivity index (χ0n) is 22.9. The van der Waals surface area contributed by atoms with Gasteiger partial charge in [-0.3, -0.25) is 9.59 Å². The molecule has 1 aliphatic heterocycles. The SMILES string of the molecule is CCCN(C)CCNS(=O)(=O)c1cc2c(cc1OC)CCN(C(=O)c1ccc(NC(C)=O)cc1)C2C(=O)OC. The van der Waals surface area contributed by atoms with Gasteiger partial charge in [-0.2, -0.15) is 0 Å². The van der Waals surface area contributed by atoms with Crippen molar-refractivity contribution in [3.63, 3.8) is 0 Å². The quantitative estimate of drug-likeness (QED) is 0.400. The van der Waals surface area contributed by atoms with Crippen LogP contribution in [0.2, 0.25) is 0 Å². The van der Waals surface area contributed by atoms with E-state index in [4.69, 9.17) is 9.47 Å². The first-order chi connectivity index (χ1) is 18.5. The first kappa shape index (κ1) is 30.1. The van der Waals surface area contributed by atoms with Crippen LogP contribution in [0.15, 0.2) is 41.3 Å². The van der Waals surface area contributed by atoms with Gasteiger partial charge in [0.1, 0.15) is 10.6 Å². The summed E-state index contributed by atoms with van der Waals surface area (Å²) in [6.45, 7) is 5.19. The Bertz CT molecular complexity index is 1310. The summed E-state index contributed by atoms with van der Waals surface area (Å²) in [5.74, 6) is -1.21. The molecule has 3 rings (SSSR count). The molecule has 12 heteroatoms. The van der Waals surface area contributed by atoms with E-state index in [1.165, 1.54) is 32.1 Å². The number of benzene rings is 2. The molecule has 0 spiro atoms. The molecule has 1 aliphatic rings. The second-order valence-electron chi connectivity index (χ2n) is 9.34. The molecule has 2 aromatic carbocycles. The predicted octanol–water partition coefficient (Wildman–Crippen LogP) is 2.19. The van der Waals surface area contributed by atoms with Gasteiger partial charge < -0.3 is 24.6 Å². The van der Waals surface area contributed by atoms with Crippen molar-refractivity contribution in [1.82, 2.24) is 14.5 Å². The number of esters is 1. The van der Waals surface area contributed by atoms with Gasteiger partial charge in [0, 0.05) is 37.8 Å². The number of fused-ring (bicyclic) bond motifs is 1. The highest BCUT2D eigenvalue weighted by Crippen LogP contribution is 2.37. The van der Waals surface area contributed by atoms with Crippen LogP contribution in [0.4, 0.5) is 5.69 Å².